The summed E-state index contributed by atoms with van der Waals surface area (Å²) in [5, 5.41) is 3.19. The minimum Gasteiger partial charge on any atom is -0.388 e. The van der Waals surface area contributed by atoms with E-state index < -0.39 is 0 Å². The Hall–Kier alpha value is -1.18. The Kier molecular flexibility index (Phi) is 3.70. The highest BCUT2D eigenvalue weighted by Gasteiger charge is 2.16. The third-order valence-corrected chi connectivity index (χ3v) is 3.58. The molecule has 1 aromatic rings. The third kappa shape index (κ3) is 2.69. The maximum Gasteiger partial charge on any atom is 0.0384 e. The molecule has 1 aromatic carbocycles. The predicted octanol–water partition coefficient (Wildman–Crippen LogP) is 3.35. The monoisotopic (exact) mass is 218 g/mol. The van der Waals surface area contributed by atoms with Gasteiger partial charge in [0.1, 0.15) is 0 Å². The van der Waals surface area contributed by atoms with Crippen molar-refractivity contribution in [3.8, 4) is 0 Å². The van der Waals surface area contributed by atoms with Gasteiger partial charge in [-0.2, -0.15) is 0 Å². The lowest BCUT2D eigenvalue weighted by atomic mass is 10.1. The molecular weight excluding hydrogens is 196 g/mol. The van der Waals surface area contributed by atoms with Gasteiger partial charge in [0.25, 0.3) is 0 Å². The van der Waals surface area contributed by atoms with E-state index in [-0.39, 0.29) is 0 Å². The molecule has 0 aliphatic heterocycles. The van der Waals surface area contributed by atoms with Gasteiger partial charge < -0.3 is 10.2 Å². The zero-order valence-electron chi connectivity index (χ0n) is 10.4. The van der Waals surface area contributed by atoms with E-state index in [4.69, 9.17) is 0 Å². The number of hydrogen-bond acceptors (Lipinski definition) is 2. The standard InChI is InChI=1S/C14H22N2/c1-15-13-8-5-9-14(10-13)16(2)11-12-6-3-4-7-12/h5,8-10,12,15H,3-4,6-7,11H2,1-2H3. The van der Waals surface area contributed by atoms with Crippen LogP contribution < -0.4 is 10.2 Å². The highest BCUT2D eigenvalue weighted by atomic mass is 15.1. The first-order chi connectivity index (χ1) is 7.79. The number of rotatable bonds is 4. The maximum atomic E-state index is 3.19. The Morgan fingerprint density at radius 2 is 2.06 bits per heavy atom. The van der Waals surface area contributed by atoms with Gasteiger partial charge in [0, 0.05) is 32.0 Å². The highest BCUT2D eigenvalue weighted by Crippen LogP contribution is 2.27. The summed E-state index contributed by atoms with van der Waals surface area (Å²) in [6, 6.07) is 8.63. The van der Waals surface area contributed by atoms with E-state index in [0.29, 0.717) is 0 Å². The SMILES string of the molecule is CNc1cccc(N(C)CC2CCCC2)c1. The Morgan fingerprint density at radius 1 is 1.31 bits per heavy atom. The van der Waals surface area contributed by atoms with Crippen molar-refractivity contribution < 1.29 is 0 Å². The van der Waals surface area contributed by atoms with Crippen LogP contribution in [0.3, 0.4) is 0 Å². The van der Waals surface area contributed by atoms with Crippen molar-refractivity contribution in [3.63, 3.8) is 0 Å². The molecule has 1 saturated carbocycles. The Labute approximate surface area is 98.7 Å². The molecule has 2 nitrogen and oxygen atoms in total. The molecule has 0 saturated heterocycles. The minimum atomic E-state index is 0.906. The summed E-state index contributed by atoms with van der Waals surface area (Å²) in [6.45, 7) is 1.20. The van der Waals surface area contributed by atoms with E-state index in [0.717, 1.165) is 5.92 Å². The summed E-state index contributed by atoms with van der Waals surface area (Å²) >= 11 is 0. The summed E-state index contributed by atoms with van der Waals surface area (Å²) in [4.78, 5) is 2.39. The van der Waals surface area contributed by atoms with Gasteiger partial charge in [0.05, 0.1) is 0 Å². The molecule has 1 N–H and O–H groups in total. The Balaban J connectivity index is 1.98. The fourth-order valence-electron chi connectivity index (χ4n) is 2.58. The van der Waals surface area contributed by atoms with Gasteiger partial charge in [-0.3, -0.25) is 0 Å². The summed E-state index contributed by atoms with van der Waals surface area (Å²) in [5.41, 5.74) is 2.51. The second-order valence-corrected chi connectivity index (χ2v) is 4.83. The van der Waals surface area contributed by atoms with E-state index in [1.54, 1.807) is 0 Å². The van der Waals surface area contributed by atoms with E-state index in [1.807, 2.05) is 7.05 Å². The molecular formula is C14H22N2. The van der Waals surface area contributed by atoms with Gasteiger partial charge in [-0.1, -0.05) is 18.9 Å². The fourth-order valence-corrected chi connectivity index (χ4v) is 2.58. The molecule has 0 bridgehead atoms. The van der Waals surface area contributed by atoms with E-state index >= 15 is 0 Å². The molecule has 1 aliphatic rings. The van der Waals surface area contributed by atoms with Gasteiger partial charge in [0.2, 0.25) is 0 Å². The van der Waals surface area contributed by atoms with Crippen LogP contribution in [0.4, 0.5) is 11.4 Å². The molecule has 2 rings (SSSR count). The molecule has 0 amide bonds. The number of benzene rings is 1. The minimum absolute atomic E-state index is 0.906. The molecule has 0 unspecified atom stereocenters. The van der Waals surface area contributed by atoms with Crippen molar-refractivity contribution in [2.24, 2.45) is 5.92 Å². The zero-order valence-corrected chi connectivity index (χ0v) is 10.4. The average Bonchev–Trinajstić information content (AvgIpc) is 2.82. The van der Waals surface area contributed by atoms with Crippen LogP contribution in [0.15, 0.2) is 24.3 Å². The molecule has 0 radical (unpaired) electrons. The molecule has 0 heterocycles. The molecule has 16 heavy (non-hydrogen) atoms. The van der Waals surface area contributed by atoms with Crippen molar-refractivity contribution in [1.29, 1.82) is 0 Å². The normalized spacial score (nSPS) is 16.4. The number of nitrogens with zero attached hydrogens (tertiary/aromatic N) is 1. The Morgan fingerprint density at radius 3 is 2.75 bits per heavy atom. The lowest BCUT2D eigenvalue weighted by Crippen LogP contribution is -2.23. The maximum absolute atomic E-state index is 3.19. The van der Waals surface area contributed by atoms with Crippen molar-refractivity contribution in [3.05, 3.63) is 24.3 Å². The van der Waals surface area contributed by atoms with Crippen molar-refractivity contribution >= 4 is 11.4 Å². The van der Waals surface area contributed by atoms with Gasteiger partial charge in [-0.25, -0.2) is 0 Å². The fraction of sp³-hybridized carbons (Fsp3) is 0.571. The predicted molar refractivity (Wildman–Crippen MR) is 71.2 cm³/mol. The summed E-state index contributed by atoms with van der Waals surface area (Å²) in [6.07, 6.45) is 5.68. The van der Waals surface area contributed by atoms with Crippen LogP contribution in [0, 0.1) is 5.92 Å². The molecule has 88 valence electrons. The van der Waals surface area contributed by atoms with Crippen molar-refractivity contribution in [2.75, 3.05) is 30.9 Å². The molecule has 1 fully saturated rings. The quantitative estimate of drug-likeness (QED) is 0.833. The second-order valence-electron chi connectivity index (χ2n) is 4.83. The van der Waals surface area contributed by atoms with Crippen LogP contribution in [-0.2, 0) is 0 Å². The number of hydrogen-bond donors (Lipinski definition) is 1. The van der Waals surface area contributed by atoms with E-state index in [1.165, 1.54) is 43.6 Å². The topological polar surface area (TPSA) is 15.3 Å². The Bertz CT molecular complexity index is 329. The first-order valence-electron chi connectivity index (χ1n) is 6.28. The number of nitrogens with one attached hydrogen (secondary N) is 1. The second kappa shape index (κ2) is 5.24. The van der Waals surface area contributed by atoms with Crippen molar-refractivity contribution in [2.45, 2.75) is 25.7 Å². The van der Waals surface area contributed by atoms with Crippen LogP contribution in [0.25, 0.3) is 0 Å². The van der Waals surface area contributed by atoms with Gasteiger partial charge in [-0.05, 0) is 37.0 Å². The largest absolute Gasteiger partial charge is 0.388 e. The number of anilines is 2. The molecule has 1 aliphatic carbocycles. The molecule has 0 aromatic heterocycles. The lowest BCUT2D eigenvalue weighted by molar-refractivity contribution is 0.547. The van der Waals surface area contributed by atoms with Gasteiger partial charge in [-0.15, -0.1) is 0 Å². The van der Waals surface area contributed by atoms with Crippen LogP contribution in [0.2, 0.25) is 0 Å². The third-order valence-electron chi connectivity index (χ3n) is 3.58. The van der Waals surface area contributed by atoms with Crippen molar-refractivity contribution in [1.82, 2.24) is 0 Å². The smallest absolute Gasteiger partial charge is 0.0384 e. The first-order valence-corrected chi connectivity index (χ1v) is 6.28. The van der Waals surface area contributed by atoms with Crippen LogP contribution in [0.5, 0.6) is 0 Å². The lowest BCUT2D eigenvalue weighted by Gasteiger charge is -2.23. The molecule has 0 spiro atoms. The van der Waals surface area contributed by atoms with E-state index in [2.05, 4.69) is 41.5 Å². The highest BCUT2D eigenvalue weighted by molar-refractivity contribution is 5.57. The van der Waals surface area contributed by atoms with Gasteiger partial charge in [0.15, 0.2) is 0 Å². The van der Waals surface area contributed by atoms with Crippen LogP contribution in [0.1, 0.15) is 25.7 Å². The van der Waals surface area contributed by atoms with Crippen LogP contribution in [-0.4, -0.2) is 20.6 Å². The first kappa shape index (κ1) is 11.3. The average molecular weight is 218 g/mol. The van der Waals surface area contributed by atoms with Crippen LogP contribution >= 0.6 is 0 Å². The summed E-state index contributed by atoms with van der Waals surface area (Å²) in [5.74, 6) is 0.906. The summed E-state index contributed by atoms with van der Waals surface area (Å²) in [7, 11) is 4.17. The van der Waals surface area contributed by atoms with Gasteiger partial charge >= 0.3 is 0 Å². The molecule has 0 atom stereocenters. The van der Waals surface area contributed by atoms with E-state index in [9.17, 15) is 0 Å². The molecule has 2 heteroatoms. The zero-order chi connectivity index (χ0) is 11.4. The summed E-state index contributed by atoms with van der Waals surface area (Å²) < 4.78 is 0.